The Labute approximate surface area is 198 Å². The van der Waals surface area contributed by atoms with E-state index in [4.69, 9.17) is 0 Å². The summed E-state index contributed by atoms with van der Waals surface area (Å²) >= 11 is 0. The molecule has 182 valence electrons. The fraction of sp³-hybridized carbons (Fsp3) is 0.375. The third-order valence-corrected chi connectivity index (χ3v) is 7.49. The molecule has 0 unspecified atom stereocenters. The van der Waals surface area contributed by atoms with Gasteiger partial charge in [-0.05, 0) is 49.6 Å². The molecule has 1 aliphatic heterocycles. The average molecular weight is 490 g/mol. The van der Waals surface area contributed by atoms with Crippen molar-refractivity contribution in [3.05, 3.63) is 65.5 Å². The molecule has 2 aromatic carbocycles. The predicted molar refractivity (Wildman–Crippen MR) is 124 cm³/mol. The molecule has 2 aromatic rings. The lowest BCUT2D eigenvalue weighted by atomic mass is 10.1. The van der Waals surface area contributed by atoms with Gasteiger partial charge in [-0.1, -0.05) is 31.2 Å². The molecule has 0 fully saturated rings. The SMILES string of the molecule is CCCNC(=O)[C@H](C)N(Cc1ccc(F)cc1)C(=O)CCCN1C(=O)c2ccccc2S1(=O)=O. The van der Waals surface area contributed by atoms with Crippen molar-refractivity contribution in [3.63, 3.8) is 0 Å². The van der Waals surface area contributed by atoms with Gasteiger partial charge in [-0.2, -0.15) is 0 Å². The fourth-order valence-corrected chi connectivity index (χ4v) is 5.34. The van der Waals surface area contributed by atoms with Crippen LogP contribution in [0.2, 0.25) is 0 Å². The van der Waals surface area contributed by atoms with Gasteiger partial charge in [-0.3, -0.25) is 14.4 Å². The molecule has 0 aromatic heterocycles. The van der Waals surface area contributed by atoms with E-state index in [2.05, 4.69) is 5.32 Å². The molecular formula is C24H28FN3O5S. The Bertz CT molecular complexity index is 1170. The lowest BCUT2D eigenvalue weighted by Crippen LogP contribution is -2.47. The van der Waals surface area contributed by atoms with Gasteiger partial charge in [-0.25, -0.2) is 17.1 Å². The van der Waals surface area contributed by atoms with Crippen molar-refractivity contribution in [2.75, 3.05) is 13.1 Å². The summed E-state index contributed by atoms with van der Waals surface area (Å²) in [6, 6.07) is 10.8. The zero-order valence-electron chi connectivity index (χ0n) is 19.2. The molecule has 0 bridgehead atoms. The first-order valence-electron chi connectivity index (χ1n) is 11.1. The molecule has 3 rings (SSSR count). The fourth-order valence-electron chi connectivity index (χ4n) is 3.73. The van der Waals surface area contributed by atoms with Crippen LogP contribution < -0.4 is 5.32 Å². The topological polar surface area (TPSA) is 104 Å². The number of halogens is 1. The van der Waals surface area contributed by atoms with Gasteiger partial charge < -0.3 is 10.2 Å². The number of carbonyl (C=O) groups is 3. The Kier molecular flexibility index (Phi) is 8.03. The number of sulfonamides is 1. The minimum Gasteiger partial charge on any atom is -0.354 e. The number of hydrogen-bond acceptors (Lipinski definition) is 5. The second-order valence-electron chi connectivity index (χ2n) is 8.10. The van der Waals surface area contributed by atoms with Crippen molar-refractivity contribution in [2.45, 2.75) is 50.6 Å². The molecular weight excluding hydrogens is 461 g/mol. The standard InChI is InChI=1S/C24H28FN3O5S/c1-3-14-26-23(30)17(2)27(16-18-10-12-19(25)13-11-18)22(29)9-6-15-28-24(31)20-7-4-5-8-21(20)34(28,32)33/h4-5,7-8,10-13,17H,3,6,9,14-16H2,1-2H3,(H,26,30)/t17-/m0/s1. The maximum Gasteiger partial charge on any atom is 0.269 e. The molecule has 10 heteroatoms. The van der Waals surface area contributed by atoms with Crippen LogP contribution in [0, 0.1) is 5.82 Å². The minimum absolute atomic E-state index is 0.0366. The van der Waals surface area contributed by atoms with Gasteiger partial charge in [-0.15, -0.1) is 0 Å². The first-order valence-corrected chi connectivity index (χ1v) is 12.6. The molecule has 1 heterocycles. The summed E-state index contributed by atoms with van der Waals surface area (Å²) in [5.41, 5.74) is 0.769. The van der Waals surface area contributed by atoms with Crippen molar-refractivity contribution in [2.24, 2.45) is 0 Å². The van der Waals surface area contributed by atoms with Crippen LogP contribution in [0.25, 0.3) is 0 Å². The first-order chi connectivity index (χ1) is 16.2. The Balaban J connectivity index is 1.69. The highest BCUT2D eigenvalue weighted by Crippen LogP contribution is 2.30. The number of nitrogens with zero attached hydrogens (tertiary/aromatic N) is 2. The number of nitrogens with one attached hydrogen (secondary N) is 1. The number of carbonyl (C=O) groups excluding carboxylic acids is 3. The van der Waals surface area contributed by atoms with E-state index in [0.29, 0.717) is 12.1 Å². The van der Waals surface area contributed by atoms with Gasteiger partial charge in [0.1, 0.15) is 16.8 Å². The van der Waals surface area contributed by atoms with Crippen molar-refractivity contribution < 1.29 is 27.2 Å². The van der Waals surface area contributed by atoms with Crippen LogP contribution in [-0.2, 0) is 26.2 Å². The van der Waals surface area contributed by atoms with E-state index in [1.165, 1.54) is 29.2 Å². The summed E-state index contributed by atoms with van der Waals surface area (Å²) in [6.45, 7) is 3.93. The summed E-state index contributed by atoms with van der Waals surface area (Å²) in [7, 11) is -3.95. The van der Waals surface area contributed by atoms with Gasteiger partial charge in [0.25, 0.3) is 15.9 Å². The highest BCUT2D eigenvalue weighted by atomic mass is 32.2. The molecule has 0 saturated heterocycles. The molecule has 0 saturated carbocycles. The van der Waals surface area contributed by atoms with E-state index in [1.54, 1.807) is 31.2 Å². The summed E-state index contributed by atoms with van der Waals surface area (Å²) in [5, 5.41) is 2.76. The Morgan fingerprint density at radius 1 is 1.12 bits per heavy atom. The van der Waals surface area contributed by atoms with Crippen molar-refractivity contribution >= 4 is 27.7 Å². The first kappa shape index (κ1) is 25.4. The van der Waals surface area contributed by atoms with Gasteiger partial charge in [0.2, 0.25) is 11.8 Å². The summed E-state index contributed by atoms with van der Waals surface area (Å²) in [6.07, 6.45) is 0.772. The molecule has 3 amide bonds. The largest absolute Gasteiger partial charge is 0.354 e. The highest BCUT2D eigenvalue weighted by Gasteiger charge is 2.40. The van der Waals surface area contributed by atoms with Crippen LogP contribution in [0.4, 0.5) is 4.39 Å². The lowest BCUT2D eigenvalue weighted by Gasteiger charge is -2.29. The molecule has 0 spiro atoms. The maximum atomic E-state index is 13.3. The number of rotatable bonds is 10. The summed E-state index contributed by atoms with van der Waals surface area (Å²) in [5.74, 6) is -1.71. The third kappa shape index (κ3) is 5.44. The molecule has 0 aliphatic carbocycles. The molecule has 8 nitrogen and oxygen atoms in total. The van der Waals surface area contributed by atoms with Gasteiger partial charge in [0.05, 0.1) is 5.56 Å². The second-order valence-corrected chi connectivity index (χ2v) is 9.93. The van der Waals surface area contributed by atoms with Crippen LogP contribution in [0.3, 0.4) is 0 Å². The molecule has 1 aliphatic rings. The monoisotopic (exact) mass is 489 g/mol. The van der Waals surface area contributed by atoms with Gasteiger partial charge in [0.15, 0.2) is 0 Å². The molecule has 34 heavy (non-hydrogen) atoms. The summed E-state index contributed by atoms with van der Waals surface area (Å²) < 4.78 is 39.5. The molecule has 1 atom stereocenters. The predicted octanol–water partition coefficient (Wildman–Crippen LogP) is 2.69. The van der Waals surface area contributed by atoms with Crippen molar-refractivity contribution in [1.82, 2.24) is 14.5 Å². The zero-order valence-corrected chi connectivity index (χ0v) is 20.0. The van der Waals surface area contributed by atoms with Crippen LogP contribution in [0.15, 0.2) is 53.4 Å². The van der Waals surface area contributed by atoms with Crippen LogP contribution >= 0.6 is 0 Å². The van der Waals surface area contributed by atoms with E-state index in [0.717, 1.165) is 10.7 Å². The van der Waals surface area contributed by atoms with Crippen molar-refractivity contribution in [3.8, 4) is 0 Å². The normalized spacial score (nSPS) is 15.0. The number of benzene rings is 2. The number of fused-ring (bicyclic) bond motifs is 1. The second kappa shape index (κ2) is 10.8. The van der Waals surface area contributed by atoms with E-state index in [1.807, 2.05) is 6.92 Å². The van der Waals surface area contributed by atoms with Crippen LogP contribution in [0.1, 0.15) is 49.0 Å². The van der Waals surface area contributed by atoms with Gasteiger partial charge in [0, 0.05) is 26.1 Å². The number of hydrogen-bond donors (Lipinski definition) is 1. The number of amides is 3. The Morgan fingerprint density at radius 3 is 2.44 bits per heavy atom. The van der Waals surface area contributed by atoms with E-state index in [-0.39, 0.29) is 48.2 Å². The Morgan fingerprint density at radius 2 is 1.79 bits per heavy atom. The van der Waals surface area contributed by atoms with Gasteiger partial charge >= 0.3 is 0 Å². The minimum atomic E-state index is -3.95. The average Bonchev–Trinajstić information content (AvgIpc) is 3.02. The molecule has 0 radical (unpaired) electrons. The molecule has 1 N–H and O–H groups in total. The van der Waals surface area contributed by atoms with Crippen LogP contribution in [-0.4, -0.2) is 54.5 Å². The quantitative estimate of drug-likeness (QED) is 0.553. The summed E-state index contributed by atoms with van der Waals surface area (Å²) in [4.78, 5) is 39.5. The third-order valence-electron chi connectivity index (χ3n) is 5.65. The smallest absolute Gasteiger partial charge is 0.269 e. The maximum absolute atomic E-state index is 13.3. The van der Waals surface area contributed by atoms with E-state index >= 15 is 0 Å². The van der Waals surface area contributed by atoms with E-state index < -0.39 is 27.8 Å². The van der Waals surface area contributed by atoms with E-state index in [9.17, 15) is 27.2 Å². The Hall–Kier alpha value is -3.27. The van der Waals surface area contributed by atoms with Crippen molar-refractivity contribution in [1.29, 1.82) is 0 Å². The van der Waals surface area contributed by atoms with Crippen LogP contribution in [0.5, 0.6) is 0 Å². The highest BCUT2D eigenvalue weighted by molar-refractivity contribution is 7.90. The lowest BCUT2D eigenvalue weighted by molar-refractivity contribution is -0.140. The zero-order chi connectivity index (χ0) is 24.9.